The van der Waals surface area contributed by atoms with E-state index in [1.54, 1.807) is 6.07 Å². The van der Waals surface area contributed by atoms with E-state index in [0.717, 1.165) is 24.6 Å². The standard InChI is InChI=1S/C16H14FN3O2/c17-12-7-18-15(19-10-5-6-10)14-13(12)11-4-2-1-3-9(11)8-22-20-16(14)21/h1-4,7,10H,5-6,8H2,(H,18,19)(H,20,21). The summed E-state index contributed by atoms with van der Waals surface area (Å²) in [5.41, 5.74) is 4.29. The molecule has 1 aliphatic heterocycles. The number of pyridine rings is 1. The van der Waals surface area contributed by atoms with Crippen LogP contribution in [0.2, 0.25) is 0 Å². The fourth-order valence-corrected chi connectivity index (χ4v) is 2.62. The van der Waals surface area contributed by atoms with Gasteiger partial charge < -0.3 is 5.32 Å². The van der Waals surface area contributed by atoms with Crippen molar-refractivity contribution in [1.29, 1.82) is 0 Å². The Morgan fingerprint density at radius 2 is 2.09 bits per heavy atom. The van der Waals surface area contributed by atoms with Gasteiger partial charge in [0.25, 0.3) is 5.91 Å². The molecule has 1 aromatic carbocycles. The first-order chi connectivity index (χ1) is 10.7. The molecule has 0 saturated heterocycles. The molecule has 6 heteroatoms. The van der Waals surface area contributed by atoms with Crippen LogP contribution in [0.15, 0.2) is 30.5 Å². The zero-order valence-corrected chi connectivity index (χ0v) is 11.7. The molecule has 5 nitrogen and oxygen atoms in total. The maximum absolute atomic E-state index is 14.5. The lowest BCUT2D eigenvalue weighted by Gasteiger charge is -2.20. The normalized spacial score (nSPS) is 16.9. The zero-order chi connectivity index (χ0) is 15.1. The number of amides is 1. The molecular formula is C16H14FN3O2. The van der Waals surface area contributed by atoms with Crippen LogP contribution >= 0.6 is 0 Å². The van der Waals surface area contributed by atoms with Gasteiger partial charge in [-0.15, -0.1) is 0 Å². The van der Waals surface area contributed by atoms with Crippen LogP contribution in [0.3, 0.4) is 0 Å². The summed E-state index contributed by atoms with van der Waals surface area (Å²) in [5.74, 6) is -0.600. The Morgan fingerprint density at radius 1 is 1.27 bits per heavy atom. The van der Waals surface area contributed by atoms with Crippen molar-refractivity contribution >= 4 is 11.7 Å². The van der Waals surface area contributed by atoms with Gasteiger partial charge in [0.05, 0.1) is 11.8 Å². The molecule has 1 saturated carbocycles. The molecule has 2 aromatic rings. The lowest BCUT2D eigenvalue weighted by molar-refractivity contribution is 0.0230. The van der Waals surface area contributed by atoms with E-state index >= 15 is 0 Å². The quantitative estimate of drug-likeness (QED) is 0.895. The molecule has 2 N–H and O–H groups in total. The lowest BCUT2D eigenvalue weighted by atomic mass is 9.95. The summed E-state index contributed by atoms with van der Waals surface area (Å²) >= 11 is 0. The first kappa shape index (κ1) is 13.2. The molecule has 1 aromatic heterocycles. The highest BCUT2D eigenvalue weighted by Crippen LogP contribution is 2.36. The van der Waals surface area contributed by atoms with E-state index in [1.165, 1.54) is 0 Å². The predicted octanol–water partition coefficient (Wildman–Crippen LogP) is 2.64. The van der Waals surface area contributed by atoms with Gasteiger partial charge >= 0.3 is 0 Å². The minimum Gasteiger partial charge on any atom is -0.367 e. The minimum absolute atomic E-state index is 0.189. The van der Waals surface area contributed by atoms with Gasteiger partial charge in [0, 0.05) is 11.6 Å². The monoisotopic (exact) mass is 299 g/mol. The zero-order valence-electron chi connectivity index (χ0n) is 11.7. The first-order valence-corrected chi connectivity index (χ1v) is 7.19. The lowest BCUT2D eigenvalue weighted by Crippen LogP contribution is -2.28. The third-order valence-corrected chi connectivity index (χ3v) is 3.86. The molecule has 0 bridgehead atoms. The molecular weight excluding hydrogens is 285 g/mol. The van der Waals surface area contributed by atoms with E-state index in [9.17, 15) is 9.18 Å². The van der Waals surface area contributed by atoms with Crippen LogP contribution in [0.4, 0.5) is 10.2 Å². The second-order valence-electron chi connectivity index (χ2n) is 5.50. The maximum Gasteiger partial charge on any atom is 0.279 e. The third kappa shape index (κ3) is 2.21. The number of nitrogens with zero attached hydrogens (tertiary/aromatic N) is 1. The molecule has 2 aliphatic rings. The number of rotatable bonds is 2. The van der Waals surface area contributed by atoms with Crippen molar-refractivity contribution < 1.29 is 14.0 Å². The smallest absolute Gasteiger partial charge is 0.279 e. The van der Waals surface area contributed by atoms with Crippen LogP contribution in [-0.4, -0.2) is 16.9 Å². The van der Waals surface area contributed by atoms with Crippen molar-refractivity contribution in [1.82, 2.24) is 10.5 Å². The number of hydrogen-bond donors (Lipinski definition) is 2. The van der Waals surface area contributed by atoms with Crippen LogP contribution in [-0.2, 0) is 11.4 Å². The second-order valence-corrected chi connectivity index (χ2v) is 5.50. The number of aromatic nitrogens is 1. The van der Waals surface area contributed by atoms with Crippen LogP contribution < -0.4 is 10.8 Å². The molecule has 0 spiro atoms. The maximum atomic E-state index is 14.5. The van der Waals surface area contributed by atoms with E-state index in [-0.39, 0.29) is 17.7 Å². The minimum atomic E-state index is -0.513. The number of nitrogens with one attached hydrogen (secondary N) is 2. The van der Waals surface area contributed by atoms with Crippen molar-refractivity contribution in [2.45, 2.75) is 25.5 Å². The summed E-state index contributed by atoms with van der Waals surface area (Å²) < 4.78 is 14.5. The van der Waals surface area contributed by atoms with Crippen molar-refractivity contribution in [3.8, 4) is 11.1 Å². The highest BCUT2D eigenvalue weighted by molar-refractivity contribution is 6.05. The van der Waals surface area contributed by atoms with Gasteiger partial charge in [-0.05, 0) is 24.0 Å². The van der Waals surface area contributed by atoms with Gasteiger partial charge in [-0.2, -0.15) is 0 Å². The Bertz CT molecular complexity index is 759. The van der Waals surface area contributed by atoms with Crippen LogP contribution in [0.1, 0.15) is 28.8 Å². The topological polar surface area (TPSA) is 63.2 Å². The SMILES string of the molecule is O=C1NOCc2ccccc2-c2c(F)cnc(NC3CC3)c21. The fraction of sp³-hybridized carbons (Fsp3) is 0.250. The third-order valence-electron chi connectivity index (χ3n) is 3.86. The van der Waals surface area contributed by atoms with E-state index in [4.69, 9.17) is 4.84 Å². The molecule has 2 heterocycles. The molecule has 1 amide bonds. The number of anilines is 1. The molecule has 22 heavy (non-hydrogen) atoms. The van der Waals surface area contributed by atoms with Gasteiger partial charge in [0.15, 0.2) is 0 Å². The summed E-state index contributed by atoms with van der Waals surface area (Å²) in [6, 6.07) is 7.62. The molecule has 0 unspecified atom stereocenters. The van der Waals surface area contributed by atoms with Crippen molar-refractivity contribution in [3.63, 3.8) is 0 Å². The number of carbonyl (C=O) groups is 1. The van der Waals surface area contributed by atoms with Crippen molar-refractivity contribution in [2.75, 3.05) is 5.32 Å². The molecule has 0 radical (unpaired) electrons. The van der Waals surface area contributed by atoms with Crippen LogP contribution in [0.5, 0.6) is 0 Å². The average Bonchev–Trinajstić information content (AvgIpc) is 3.31. The Balaban J connectivity index is 1.96. The number of hydrogen-bond acceptors (Lipinski definition) is 4. The van der Waals surface area contributed by atoms with Gasteiger partial charge in [-0.25, -0.2) is 14.9 Å². The molecule has 0 atom stereocenters. The number of hydroxylamine groups is 1. The average molecular weight is 299 g/mol. The highest BCUT2D eigenvalue weighted by atomic mass is 19.1. The second kappa shape index (κ2) is 5.06. The van der Waals surface area contributed by atoms with E-state index in [1.807, 2.05) is 18.2 Å². The summed E-state index contributed by atoms with van der Waals surface area (Å²) in [7, 11) is 0. The summed E-state index contributed by atoms with van der Waals surface area (Å²) in [6.07, 6.45) is 3.22. The van der Waals surface area contributed by atoms with E-state index in [2.05, 4.69) is 15.8 Å². The Hall–Kier alpha value is -2.47. The molecule has 1 aliphatic carbocycles. The fourth-order valence-electron chi connectivity index (χ4n) is 2.62. The largest absolute Gasteiger partial charge is 0.367 e. The summed E-state index contributed by atoms with van der Waals surface area (Å²) in [5, 5.41) is 3.19. The first-order valence-electron chi connectivity index (χ1n) is 7.19. The van der Waals surface area contributed by atoms with Gasteiger partial charge in [0.1, 0.15) is 18.2 Å². The van der Waals surface area contributed by atoms with Gasteiger partial charge in [0.2, 0.25) is 0 Å². The predicted molar refractivity (Wildman–Crippen MR) is 78.5 cm³/mol. The van der Waals surface area contributed by atoms with Crippen molar-refractivity contribution in [2.24, 2.45) is 0 Å². The number of fused-ring (bicyclic) bond motifs is 3. The Kier molecular flexibility index (Phi) is 3.04. The number of benzene rings is 1. The van der Waals surface area contributed by atoms with E-state index in [0.29, 0.717) is 17.4 Å². The number of carbonyl (C=O) groups excluding carboxylic acids is 1. The molecule has 4 rings (SSSR count). The summed E-state index contributed by atoms with van der Waals surface area (Å²) in [4.78, 5) is 21.6. The highest BCUT2D eigenvalue weighted by Gasteiger charge is 2.29. The van der Waals surface area contributed by atoms with Crippen LogP contribution in [0, 0.1) is 5.82 Å². The number of halogens is 1. The molecule has 112 valence electrons. The van der Waals surface area contributed by atoms with Crippen LogP contribution in [0.25, 0.3) is 11.1 Å². The summed E-state index contributed by atoms with van der Waals surface area (Å²) in [6.45, 7) is 0.189. The van der Waals surface area contributed by atoms with Gasteiger partial charge in [-0.1, -0.05) is 24.3 Å². The van der Waals surface area contributed by atoms with Gasteiger partial charge in [-0.3, -0.25) is 9.63 Å². The Morgan fingerprint density at radius 3 is 2.91 bits per heavy atom. The van der Waals surface area contributed by atoms with E-state index < -0.39 is 11.7 Å². The van der Waals surface area contributed by atoms with Crippen molar-refractivity contribution in [3.05, 3.63) is 47.4 Å². The Labute approximate surface area is 126 Å². The molecule has 1 fully saturated rings.